The van der Waals surface area contributed by atoms with Crippen LogP contribution in [0.1, 0.15) is 46.0 Å². The molecule has 0 radical (unpaired) electrons. The molecule has 1 saturated carbocycles. The first-order valence-corrected chi connectivity index (χ1v) is 9.25. The number of ether oxygens (including phenoxy) is 1. The van der Waals surface area contributed by atoms with Gasteiger partial charge in [0.15, 0.2) is 5.96 Å². The van der Waals surface area contributed by atoms with E-state index in [0.29, 0.717) is 26.2 Å². The Hall–Kier alpha value is -0.770. The van der Waals surface area contributed by atoms with E-state index in [4.69, 9.17) is 4.74 Å². The topological polar surface area (TPSA) is 77.4 Å². The minimum Gasteiger partial charge on any atom is -0.450 e. The molecule has 1 aliphatic carbocycles. The summed E-state index contributed by atoms with van der Waals surface area (Å²) in [5.41, 5.74) is -0.647. The fraction of sp³-hybridized carbons (Fsp3) is 0.882. The number of nitrogens with zero attached hydrogens (tertiary/aromatic N) is 3. The van der Waals surface area contributed by atoms with Crippen molar-refractivity contribution in [3.63, 3.8) is 0 Å². The molecule has 146 valence electrons. The van der Waals surface area contributed by atoms with Gasteiger partial charge in [-0.1, -0.05) is 19.3 Å². The van der Waals surface area contributed by atoms with Crippen LogP contribution in [0.2, 0.25) is 0 Å². The van der Waals surface area contributed by atoms with Crippen molar-refractivity contribution in [2.45, 2.75) is 51.6 Å². The second-order valence-electron chi connectivity index (χ2n) is 6.63. The Kier molecular flexibility index (Phi) is 9.84. The third-order valence-electron chi connectivity index (χ3n) is 4.75. The number of carbonyl (C=O) groups excluding carboxylic acids is 1. The number of hydrogen-bond donors (Lipinski definition) is 2. The third-order valence-corrected chi connectivity index (χ3v) is 4.75. The normalized spacial score (nSPS) is 20.7. The van der Waals surface area contributed by atoms with Crippen LogP contribution in [0, 0.1) is 0 Å². The number of amides is 1. The smallest absolute Gasteiger partial charge is 0.409 e. The van der Waals surface area contributed by atoms with Gasteiger partial charge < -0.3 is 25.0 Å². The molecule has 1 saturated heterocycles. The lowest BCUT2D eigenvalue weighted by Crippen LogP contribution is -2.54. The molecule has 0 spiro atoms. The Morgan fingerprint density at radius 3 is 2.28 bits per heavy atom. The summed E-state index contributed by atoms with van der Waals surface area (Å²) in [5.74, 6) is 0.833. The quantitative estimate of drug-likeness (QED) is 0.375. The predicted octanol–water partition coefficient (Wildman–Crippen LogP) is 2.04. The highest BCUT2D eigenvalue weighted by Gasteiger charge is 2.30. The minimum atomic E-state index is -0.647. The molecule has 8 heteroatoms. The lowest BCUT2D eigenvalue weighted by Gasteiger charge is -2.36. The minimum absolute atomic E-state index is 0. The molecule has 2 rings (SSSR count). The zero-order valence-corrected chi connectivity index (χ0v) is 17.8. The standard InChI is InChI=1S/C17H32N4O3.HI/c1-3-18-15(19-14-17(23)8-6-5-7-9-17)20-10-12-21(13-11-20)16(22)24-4-2;/h23H,3-14H2,1-2H3,(H,18,19);1H. The number of aliphatic hydroxyl groups is 1. The number of carbonyl (C=O) groups is 1. The van der Waals surface area contributed by atoms with Crippen LogP contribution in [0.5, 0.6) is 0 Å². The van der Waals surface area contributed by atoms with Gasteiger partial charge in [-0.25, -0.2) is 4.79 Å². The van der Waals surface area contributed by atoms with E-state index in [9.17, 15) is 9.90 Å². The van der Waals surface area contributed by atoms with Crippen LogP contribution in [0.25, 0.3) is 0 Å². The molecule has 0 aromatic rings. The summed E-state index contributed by atoms with van der Waals surface area (Å²) in [4.78, 5) is 20.4. The molecule has 0 unspecified atom stereocenters. The molecule has 0 bridgehead atoms. The second-order valence-corrected chi connectivity index (χ2v) is 6.63. The van der Waals surface area contributed by atoms with Gasteiger partial charge in [-0.15, -0.1) is 24.0 Å². The first-order valence-electron chi connectivity index (χ1n) is 9.25. The molecule has 0 atom stereocenters. The fourth-order valence-electron chi connectivity index (χ4n) is 3.33. The van der Waals surface area contributed by atoms with Crippen LogP contribution in [-0.2, 0) is 4.74 Å². The summed E-state index contributed by atoms with van der Waals surface area (Å²) < 4.78 is 5.05. The van der Waals surface area contributed by atoms with Crippen molar-refractivity contribution in [1.29, 1.82) is 0 Å². The molecule has 2 N–H and O–H groups in total. The Labute approximate surface area is 168 Å². The van der Waals surface area contributed by atoms with Crippen LogP contribution >= 0.6 is 24.0 Å². The molecule has 2 fully saturated rings. The van der Waals surface area contributed by atoms with Gasteiger partial charge in [0.25, 0.3) is 0 Å². The first-order chi connectivity index (χ1) is 11.6. The number of halogens is 1. The first kappa shape index (κ1) is 22.3. The van der Waals surface area contributed by atoms with Crippen molar-refractivity contribution >= 4 is 36.0 Å². The molecule has 2 aliphatic rings. The maximum absolute atomic E-state index is 11.8. The molecule has 7 nitrogen and oxygen atoms in total. The highest BCUT2D eigenvalue weighted by molar-refractivity contribution is 14.0. The molecular formula is C17H33IN4O3. The van der Waals surface area contributed by atoms with Gasteiger partial charge >= 0.3 is 6.09 Å². The lowest BCUT2D eigenvalue weighted by molar-refractivity contribution is 0.0129. The van der Waals surface area contributed by atoms with Gasteiger partial charge in [0.2, 0.25) is 0 Å². The van der Waals surface area contributed by atoms with Crippen molar-refractivity contribution in [1.82, 2.24) is 15.1 Å². The van der Waals surface area contributed by atoms with Gasteiger partial charge in [0, 0.05) is 32.7 Å². The third kappa shape index (κ3) is 6.80. The molecule has 1 heterocycles. The van der Waals surface area contributed by atoms with E-state index in [-0.39, 0.29) is 30.1 Å². The van der Waals surface area contributed by atoms with Crippen LogP contribution in [0.4, 0.5) is 4.79 Å². The average molecular weight is 468 g/mol. The van der Waals surface area contributed by atoms with E-state index in [1.54, 1.807) is 4.90 Å². The molecule has 1 aliphatic heterocycles. The summed E-state index contributed by atoms with van der Waals surface area (Å²) in [6.07, 6.45) is 4.82. The van der Waals surface area contributed by atoms with Crippen molar-refractivity contribution in [3.8, 4) is 0 Å². The summed E-state index contributed by atoms with van der Waals surface area (Å²) >= 11 is 0. The maximum Gasteiger partial charge on any atom is 0.409 e. The van der Waals surface area contributed by atoms with Crippen molar-refractivity contribution < 1.29 is 14.6 Å². The van der Waals surface area contributed by atoms with Gasteiger partial charge in [-0.05, 0) is 26.7 Å². The van der Waals surface area contributed by atoms with Gasteiger partial charge in [-0.3, -0.25) is 4.99 Å². The molecule has 0 aromatic carbocycles. The van der Waals surface area contributed by atoms with Crippen molar-refractivity contribution in [3.05, 3.63) is 0 Å². The summed E-state index contributed by atoms with van der Waals surface area (Å²) in [5, 5.41) is 13.9. The number of rotatable bonds is 4. The van der Waals surface area contributed by atoms with Crippen LogP contribution < -0.4 is 5.32 Å². The van der Waals surface area contributed by atoms with Gasteiger partial charge in [0.05, 0.1) is 18.8 Å². The van der Waals surface area contributed by atoms with Crippen LogP contribution in [-0.4, -0.2) is 78.4 Å². The Morgan fingerprint density at radius 1 is 1.12 bits per heavy atom. The monoisotopic (exact) mass is 468 g/mol. The number of piperazine rings is 1. The molecule has 0 aromatic heterocycles. The van der Waals surface area contributed by atoms with E-state index >= 15 is 0 Å². The zero-order valence-electron chi connectivity index (χ0n) is 15.5. The number of nitrogens with one attached hydrogen (secondary N) is 1. The van der Waals surface area contributed by atoms with Crippen molar-refractivity contribution in [2.24, 2.45) is 4.99 Å². The van der Waals surface area contributed by atoms with E-state index in [1.165, 1.54) is 6.42 Å². The van der Waals surface area contributed by atoms with Gasteiger partial charge in [-0.2, -0.15) is 0 Å². The summed E-state index contributed by atoms with van der Waals surface area (Å²) in [6.45, 7) is 8.22. The second kappa shape index (κ2) is 11.1. The van der Waals surface area contributed by atoms with E-state index in [0.717, 1.165) is 51.3 Å². The molecule has 1 amide bonds. The van der Waals surface area contributed by atoms with Crippen LogP contribution in [0.3, 0.4) is 0 Å². The highest BCUT2D eigenvalue weighted by atomic mass is 127. The Morgan fingerprint density at radius 2 is 1.72 bits per heavy atom. The zero-order chi connectivity index (χ0) is 17.4. The Balaban J connectivity index is 0.00000312. The lowest BCUT2D eigenvalue weighted by atomic mass is 9.85. The fourth-order valence-corrected chi connectivity index (χ4v) is 3.33. The van der Waals surface area contributed by atoms with Crippen molar-refractivity contribution in [2.75, 3.05) is 45.9 Å². The number of aliphatic imine (C=N–C) groups is 1. The van der Waals surface area contributed by atoms with Crippen LogP contribution in [0.15, 0.2) is 4.99 Å². The highest BCUT2D eigenvalue weighted by Crippen LogP contribution is 2.28. The molecular weight excluding hydrogens is 435 g/mol. The predicted molar refractivity (Wildman–Crippen MR) is 110 cm³/mol. The largest absolute Gasteiger partial charge is 0.450 e. The number of guanidine groups is 1. The van der Waals surface area contributed by atoms with E-state index in [1.807, 2.05) is 13.8 Å². The van der Waals surface area contributed by atoms with E-state index < -0.39 is 5.60 Å². The maximum atomic E-state index is 11.8. The average Bonchev–Trinajstić information content (AvgIpc) is 2.60. The summed E-state index contributed by atoms with van der Waals surface area (Å²) in [6, 6.07) is 0. The number of hydrogen-bond acceptors (Lipinski definition) is 4. The van der Waals surface area contributed by atoms with Gasteiger partial charge in [0.1, 0.15) is 0 Å². The van der Waals surface area contributed by atoms with E-state index in [2.05, 4.69) is 15.2 Å². The Bertz CT molecular complexity index is 434. The SMILES string of the molecule is CCNC(=NCC1(O)CCCCC1)N1CCN(C(=O)OCC)CC1.I. The summed E-state index contributed by atoms with van der Waals surface area (Å²) in [7, 11) is 0. The molecule has 25 heavy (non-hydrogen) atoms.